The number of nitrogens with zero attached hydrogens (tertiary/aromatic N) is 4. The molecule has 2 N–H and O–H groups in total. The number of ether oxygens (including phenoxy) is 1. The molecule has 1 saturated carbocycles. The van der Waals surface area contributed by atoms with E-state index in [-0.39, 0.29) is 29.9 Å². The van der Waals surface area contributed by atoms with Crippen molar-refractivity contribution in [3.8, 4) is 0 Å². The normalized spacial score (nSPS) is 28.5. The summed E-state index contributed by atoms with van der Waals surface area (Å²) in [5.74, 6) is 0. The Balaban J connectivity index is 1.46. The van der Waals surface area contributed by atoms with E-state index < -0.39 is 17.4 Å². The highest BCUT2D eigenvalue weighted by molar-refractivity contribution is 5.55. The molecule has 3 aliphatic rings. The molecule has 170 valence electrons. The van der Waals surface area contributed by atoms with Crippen molar-refractivity contribution in [1.29, 1.82) is 0 Å². The van der Waals surface area contributed by atoms with Crippen molar-refractivity contribution >= 4 is 5.52 Å². The molecule has 5 rings (SSSR count). The zero-order valence-corrected chi connectivity index (χ0v) is 17.3. The van der Waals surface area contributed by atoms with Gasteiger partial charge in [0.15, 0.2) is 0 Å². The van der Waals surface area contributed by atoms with Crippen LogP contribution in [0.3, 0.4) is 0 Å². The molecule has 2 aliphatic heterocycles. The second-order valence-electron chi connectivity index (χ2n) is 8.72. The Bertz CT molecular complexity index is 1000. The average molecular weight is 440 g/mol. The standard InChI is InChI=1S/C20H27F3N6O2/c1-26-12-24-25-18(26)29(15-10-31-11-15)14-5-2-4-13(8-14)28-9-17-16(20(21,22)23)6-3-7-27(17)19(28)30/h3,6-7,9,13-15,18,24-25H,2,4-5,8,10-12H2,1H3. The molecule has 1 aliphatic carbocycles. The molecule has 0 amide bonds. The number of hydrogen-bond acceptors (Lipinski definition) is 6. The number of nitrogens with one attached hydrogen (secondary N) is 2. The number of fused-ring (bicyclic) bond motifs is 1. The molecule has 2 aromatic heterocycles. The van der Waals surface area contributed by atoms with Gasteiger partial charge in [-0.2, -0.15) is 13.2 Å². The van der Waals surface area contributed by atoms with Crippen LogP contribution in [-0.4, -0.2) is 64.1 Å². The molecular weight excluding hydrogens is 413 g/mol. The minimum Gasteiger partial charge on any atom is -0.378 e. The lowest BCUT2D eigenvalue weighted by molar-refractivity contribution is -0.136. The van der Waals surface area contributed by atoms with Crippen LogP contribution >= 0.6 is 0 Å². The van der Waals surface area contributed by atoms with E-state index in [1.165, 1.54) is 23.0 Å². The van der Waals surface area contributed by atoms with E-state index in [2.05, 4.69) is 20.7 Å². The van der Waals surface area contributed by atoms with E-state index in [4.69, 9.17) is 4.74 Å². The van der Waals surface area contributed by atoms with Crippen molar-refractivity contribution in [3.63, 3.8) is 0 Å². The highest BCUT2D eigenvalue weighted by Crippen LogP contribution is 2.36. The number of rotatable bonds is 4. The molecule has 2 saturated heterocycles. The van der Waals surface area contributed by atoms with Gasteiger partial charge in [-0.15, -0.1) is 0 Å². The van der Waals surface area contributed by atoms with E-state index in [1.54, 1.807) is 0 Å². The Labute approximate surface area is 177 Å². The van der Waals surface area contributed by atoms with Crippen molar-refractivity contribution in [2.45, 2.75) is 56.3 Å². The monoisotopic (exact) mass is 440 g/mol. The first-order chi connectivity index (χ1) is 14.8. The second-order valence-corrected chi connectivity index (χ2v) is 8.72. The summed E-state index contributed by atoms with van der Waals surface area (Å²) < 4.78 is 48.4. The largest absolute Gasteiger partial charge is 0.418 e. The van der Waals surface area contributed by atoms with Crippen LogP contribution in [0.15, 0.2) is 29.3 Å². The summed E-state index contributed by atoms with van der Waals surface area (Å²) >= 11 is 0. The van der Waals surface area contributed by atoms with Crippen LogP contribution in [0.5, 0.6) is 0 Å². The van der Waals surface area contributed by atoms with Gasteiger partial charge < -0.3 is 4.74 Å². The Kier molecular flexibility index (Phi) is 5.33. The maximum absolute atomic E-state index is 13.5. The molecule has 0 radical (unpaired) electrons. The first kappa shape index (κ1) is 21.0. The van der Waals surface area contributed by atoms with Crippen LogP contribution in [0.1, 0.15) is 37.3 Å². The van der Waals surface area contributed by atoms with Crippen molar-refractivity contribution in [2.75, 3.05) is 26.9 Å². The SMILES string of the molecule is CN1CNNC1N(C1COC1)C1CCCC(n2cc3c(C(F)(F)F)cccn3c2=O)C1. The summed E-state index contributed by atoms with van der Waals surface area (Å²) in [6, 6.07) is 2.64. The third-order valence-corrected chi connectivity index (χ3v) is 6.76. The van der Waals surface area contributed by atoms with Gasteiger partial charge in [0, 0.05) is 24.5 Å². The molecule has 0 spiro atoms. The molecule has 0 bridgehead atoms. The number of halogens is 3. The molecule has 0 aromatic carbocycles. The fourth-order valence-electron chi connectivity index (χ4n) is 5.15. The fourth-order valence-corrected chi connectivity index (χ4v) is 5.15. The minimum absolute atomic E-state index is 0.0133. The van der Waals surface area contributed by atoms with Crippen LogP contribution in [0.25, 0.3) is 5.52 Å². The molecular formula is C20H27F3N6O2. The van der Waals surface area contributed by atoms with E-state index >= 15 is 0 Å². The smallest absolute Gasteiger partial charge is 0.378 e. The van der Waals surface area contributed by atoms with Gasteiger partial charge in [0.1, 0.15) is 6.29 Å². The number of hydrazine groups is 1. The second kappa shape index (κ2) is 7.89. The molecule has 8 nitrogen and oxygen atoms in total. The fraction of sp³-hybridized carbons (Fsp3) is 0.650. The zero-order chi connectivity index (χ0) is 21.8. The molecule has 31 heavy (non-hydrogen) atoms. The minimum atomic E-state index is -4.51. The van der Waals surface area contributed by atoms with E-state index in [1.807, 2.05) is 7.05 Å². The lowest BCUT2D eigenvalue weighted by atomic mass is 9.88. The van der Waals surface area contributed by atoms with Crippen LogP contribution < -0.4 is 16.5 Å². The van der Waals surface area contributed by atoms with Crippen LogP contribution in [0.2, 0.25) is 0 Å². The first-order valence-electron chi connectivity index (χ1n) is 10.7. The lowest BCUT2D eigenvalue weighted by Crippen LogP contribution is -2.64. The van der Waals surface area contributed by atoms with E-state index in [9.17, 15) is 18.0 Å². The molecule has 3 atom stereocenters. The summed E-state index contributed by atoms with van der Waals surface area (Å²) in [6.07, 6.45) is 1.67. The van der Waals surface area contributed by atoms with Gasteiger partial charge in [0.25, 0.3) is 0 Å². The van der Waals surface area contributed by atoms with E-state index in [0.717, 1.165) is 36.4 Å². The Morgan fingerprint density at radius 1 is 1.23 bits per heavy atom. The van der Waals surface area contributed by atoms with Crippen LogP contribution in [-0.2, 0) is 10.9 Å². The Morgan fingerprint density at radius 3 is 2.68 bits per heavy atom. The van der Waals surface area contributed by atoms with Gasteiger partial charge in [-0.25, -0.2) is 15.6 Å². The average Bonchev–Trinajstić information content (AvgIpc) is 3.27. The van der Waals surface area contributed by atoms with Crippen molar-refractivity contribution in [3.05, 3.63) is 40.6 Å². The predicted molar refractivity (Wildman–Crippen MR) is 107 cm³/mol. The van der Waals surface area contributed by atoms with Crippen molar-refractivity contribution in [2.24, 2.45) is 0 Å². The lowest BCUT2D eigenvalue weighted by Gasteiger charge is -2.48. The van der Waals surface area contributed by atoms with Crippen LogP contribution in [0.4, 0.5) is 13.2 Å². The number of hydrogen-bond donors (Lipinski definition) is 2. The number of alkyl halides is 3. The predicted octanol–water partition coefficient (Wildman–Crippen LogP) is 1.58. The van der Waals surface area contributed by atoms with Crippen LogP contribution in [0, 0.1) is 0 Å². The summed E-state index contributed by atoms with van der Waals surface area (Å²) in [5.41, 5.74) is 5.19. The van der Waals surface area contributed by atoms with Gasteiger partial charge in [0.05, 0.1) is 37.0 Å². The molecule has 3 fully saturated rings. The van der Waals surface area contributed by atoms with Gasteiger partial charge in [0.2, 0.25) is 0 Å². The summed E-state index contributed by atoms with van der Waals surface area (Å²) in [4.78, 5) is 17.6. The molecule has 3 unspecified atom stereocenters. The highest BCUT2D eigenvalue weighted by atomic mass is 19.4. The maximum Gasteiger partial charge on any atom is 0.418 e. The number of imidazole rings is 1. The Morgan fingerprint density at radius 2 is 2.03 bits per heavy atom. The number of pyridine rings is 1. The van der Waals surface area contributed by atoms with Crippen molar-refractivity contribution < 1.29 is 17.9 Å². The van der Waals surface area contributed by atoms with Gasteiger partial charge in [-0.1, -0.05) is 0 Å². The highest BCUT2D eigenvalue weighted by Gasteiger charge is 2.42. The summed E-state index contributed by atoms with van der Waals surface area (Å²) in [7, 11) is 2.04. The van der Waals surface area contributed by atoms with E-state index in [0.29, 0.717) is 19.6 Å². The Hall–Kier alpha value is -1.92. The molecule has 11 heteroatoms. The quantitative estimate of drug-likeness (QED) is 0.753. The third kappa shape index (κ3) is 3.68. The van der Waals surface area contributed by atoms with Gasteiger partial charge in [-0.05, 0) is 44.9 Å². The summed E-state index contributed by atoms with van der Waals surface area (Å²) in [6.45, 7) is 2.05. The molecule has 4 heterocycles. The van der Waals surface area contributed by atoms with Gasteiger partial charge in [-0.3, -0.25) is 18.8 Å². The molecule has 2 aromatic rings. The topological polar surface area (TPSA) is 66.2 Å². The number of aromatic nitrogens is 2. The third-order valence-electron chi connectivity index (χ3n) is 6.76. The summed E-state index contributed by atoms with van der Waals surface area (Å²) in [5, 5.41) is 0. The van der Waals surface area contributed by atoms with Gasteiger partial charge >= 0.3 is 11.9 Å². The zero-order valence-electron chi connectivity index (χ0n) is 17.3. The first-order valence-corrected chi connectivity index (χ1v) is 10.7. The maximum atomic E-state index is 13.5. The van der Waals surface area contributed by atoms with Crippen molar-refractivity contribution in [1.82, 2.24) is 29.6 Å².